The Labute approximate surface area is 146 Å². The zero-order valence-corrected chi connectivity index (χ0v) is 14.7. The molecule has 0 aliphatic rings. The lowest BCUT2D eigenvalue weighted by atomic mass is 10.3. The van der Waals surface area contributed by atoms with E-state index in [-0.39, 0.29) is 5.75 Å². The first-order valence-electron chi connectivity index (χ1n) is 6.68. The summed E-state index contributed by atoms with van der Waals surface area (Å²) in [5.41, 5.74) is 0.397. The predicted molar refractivity (Wildman–Crippen MR) is 93.7 cm³/mol. The van der Waals surface area contributed by atoms with Crippen LogP contribution >= 0.6 is 34.4 Å². The Hall–Kier alpha value is -1.82. The molecule has 0 spiro atoms. The minimum atomic E-state index is -0.904. The molecule has 2 heterocycles. The number of hydrogen-bond acceptors (Lipinski definition) is 7. The van der Waals surface area contributed by atoms with Gasteiger partial charge in [-0.1, -0.05) is 6.07 Å². The molecule has 0 unspecified atom stereocenters. The summed E-state index contributed by atoms with van der Waals surface area (Å²) in [4.78, 5) is 24.9. The van der Waals surface area contributed by atoms with Gasteiger partial charge in [0.1, 0.15) is 11.1 Å². The fourth-order valence-corrected chi connectivity index (χ4v) is 4.01. The number of hydrogen-bond donors (Lipinski definition) is 1. The maximum Gasteiger partial charge on any atom is 0.316 e. The first-order valence-corrected chi connectivity index (χ1v) is 9.59. The van der Waals surface area contributed by atoms with Crippen molar-refractivity contribution in [3.63, 3.8) is 0 Å². The predicted octanol–water partition coefficient (Wildman–Crippen LogP) is 3.48. The van der Waals surface area contributed by atoms with E-state index < -0.39 is 18.0 Å². The molecule has 0 saturated heterocycles. The fraction of sp³-hybridized carbons (Fsp3) is 0.267. The van der Waals surface area contributed by atoms with Crippen LogP contribution in [0.15, 0.2) is 29.0 Å². The number of nitrogens with one attached hydrogen (secondary N) is 1. The Morgan fingerprint density at radius 1 is 1.39 bits per heavy atom. The molecule has 2 aromatic heterocycles. The largest absolute Gasteiger partial charge is 0.452 e. The highest BCUT2D eigenvalue weighted by atomic mass is 32.2. The number of amides is 1. The van der Waals surface area contributed by atoms with Gasteiger partial charge in [0.05, 0.1) is 11.3 Å². The maximum absolute atomic E-state index is 12.0. The van der Waals surface area contributed by atoms with E-state index >= 15 is 0 Å². The van der Waals surface area contributed by atoms with Gasteiger partial charge < -0.3 is 10.1 Å². The molecule has 1 N–H and O–H groups in total. The summed E-state index contributed by atoms with van der Waals surface area (Å²) >= 11 is 4.34. The zero-order valence-electron chi connectivity index (χ0n) is 12.3. The summed E-state index contributed by atoms with van der Waals surface area (Å²) in [6, 6.07) is 7.58. The number of thioether (sulfide) groups is 1. The molecule has 0 fully saturated rings. The molecular weight excluding hydrogens is 352 g/mol. The second-order valence-electron chi connectivity index (χ2n) is 4.47. The Morgan fingerprint density at radius 2 is 2.22 bits per heavy atom. The van der Waals surface area contributed by atoms with E-state index in [1.807, 2.05) is 23.6 Å². The van der Waals surface area contributed by atoms with Gasteiger partial charge in [0.2, 0.25) is 0 Å². The lowest BCUT2D eigenvalue weighted by Crippen LogP contribution is -2.30. The van der Waals surface area contributed by atoms with Gasteiger partial charge in [0, 0.05) is 10.6 Å². The minimum absolute atomic E-state index is 0.192. The summed E-state index contributed by atoms with van der Waals surface area (Å²) in [5, 5.41) is 15.7. The average Bonchev–Trinajstić information content (AvgIpc) is 3.18. The van der Waals surface area contributed by atoms with Crippen LogP contribution in [-0.2, 0) is 20.1 Å². The topological polar surface area (TPSA) is 79.2 Å². The van der Waals surface area contributed by atoms with E-state index in [4.69, 9.17) is 10.00 Å². The van der Waals surface area contributed by atoms with E-state index in [9.17, 15) is 9.59 Å². The Kier molecular flexibility index (Phi) is 6.65. The van der Waals surface area contributed by atoms with Crippen LogP contribution < -0.4 is 5.32 Å². The third-order valence-corrected chi connectivity index (χ3v) is 5.59. The van der Waals surface area contributed by atoms with Crippen molar-refractivity contribution in [2.24, 2.45) is 0 Å². The monoisotopic (exact) mass is 366 g/mol. The molecule has 0 aliphatic heterocycles. The number of anilines is 1. The lowest BCUT2D eigenvalue weighted by molar-refractivity contribution is -0.150. The van der Waals surface area contributed by atoms with Crippen molar-refractivity contribution in [3.05, 3.63) is 39.4 Å². The maximum atomic E-state index is 12.0. The van der Waals surface area contributed by atoms with Gasteiger partial charge in [-0.25, -0.2) is 0 Å². The highest BCUT2D eigenvalue weighted by Crippen LogP contribution is 2.22. The number of ether oxygens (including phenoxy) is 1. The van der Waals surface area contributed by atoms with E-state index in [1.165, 1.54) is 34.9 Å². The average molecular weight is 366 g/mol. The van der Waals surface area contributed by atoms with Gasteiger partial charge in [-0.2, -0.15) is 5.26 Å². The molecule has 0 saturated carbocycles. The molecule has 1 atom stereocenters. The number of nitriles is 1. The van der Waals surface area contributed by atoms with Gasteiger partial charge in [0.15, 0.2) is 6.10 Å². The van der Waals surface area contributed by atoms with Crippen molar-refractivity contribution in [2.75, 3.05) is 11.1 Å². The quantitative estimate of drug-likeness (QED) is 0.759. The SMILES string of the molecule is C[C@H](OC(=O)CSCc1cccs1)C(=O)Nc1sccc1C#N. The first kappa shape index (κ1) is 17.5. The number of rotatable bonds is 7. The van der Waals surface area contributed by atoms with Crippen molar-refractivity contribution < 1.29 is 14.3 Å². The second-order valence-corrected chi connectivity index (χ2v) is 7.40. The lowest BCUT2D eigenvalue weighted by Gasteiger charge is -2.12. The van der Waals surface area contributed by atoms with Crippen LogP contribution in [0.5, 0.6) is 0 Å². The number of nitrogens with zero attached hydrogens (tertiary/aromatic N) is 1. The summed E-state index contributed by atoms with van der Waals surface area (Å²) in [7, 11) is 0. The van der Waals surface area contributed by atoms with Crippen molar-refractivity contribution in [3.8, 4) is 6.07 Å². The van der Waals surface area contributed by atoms with Gasteiger partial charge in [-0.15, -0.1) is 34.4 Å². The summed E-state index contributed by atoms with van der Waals surface area (Å²) in [6.07, 6.45) is -0.904. The van der Waals surface area contributed by atoms with Crippen molar-refractivity contribution in [2.45, 2.75) is 18.8 Å². The zero-order chi connectivity index (χ0) is 16.7. The van der Waals surface area contributed by atoms with Crippen LogP contribution in [0.3, 0.4) is 0 Å². The van der Waals surface area contributed by atoms with E-state index in [1.54, 1.807) is 22.8 Å². The Balaban J connectivity index is 1.74. The molecule has 120 valence electrons. The molecule has 0 radical (unpaired) electrons. The molecular formula is C15H14N2O3S3. The van der Waals surface area contributed by atoms with Crippen molar-refractivity contribution in [1.29, 1.82) is 5.26 Å². The van der Waals surface area contributed by atoms with Crippen molar-refractivity contribution in [1.82, 2.24) is 0 Å². The minimum Gasteiger partial charge on any atom is -0.452 e. The number of thiophene rings is 2. The van der Waals surface area contributed by atoms with Gasteiger partial charge in [-0.05, 0) is 29.8 Å². The Morgan fingerprint density at radius 3 is 2.91 bits per heavy atom. The fourth-order valence-electron chi connectivity index (χ4n) is 1.62. The molecule has 0 aliphatic carbocycles. The normalized spacial score (nSPS) is 11.5. The Bertz CT molecular complexity index is 704. The smallest absolute Gasteiger partial charge is 0.316 e. The third-order valence-electron chi connectivity index (χ3n) is 2.74. The van der Waals surface area contributed by atoms with E-state index in [2.05, 4.69) is 5.32 Å². The second kappa shape index (κ2) is 8.72. The standard InChI is InChI=1S/C15H14N2O3S3/c1-10(14(19)17-15-11(7-16)4-6-23-15)20-13(18)9-21-8-12-3-2-5-22-12/h2-6,10H,8-9H2,1H3,(H,17,19)/t10-/m0/s1. The number of esters is 1. The highest BCUT2D eigenvalue weighted by Gasteiger charge is 2.19. The van der Waals surface area contributed by atoms with E-state index in [0.29, 0.717) is 10.6 Å². The molecule has 23 heavy (non-hydrogen) atoms. The van der Waals surface area contributed by atoms with Gasteiger partial charge in [-0.3, -0.25) is 9.59 Å². The van der Waals surface area contributed by atoms with Crippen LogP contribution in [0.1, 0.15) is 17.4 Å². The summed E-state index contributed by atoms with van der Waals surface area (Å²) < 4.78 is 5.11. The molecule has 5 nitrogen and oxygen atoms in total. The van der Waals surface area contributed by atoms with Crippen LogP contribution in [0.25, 0.3) is 0 Å². The van der Waals surface area contributed by atoms with E-state index in [0.717, 1.165) is 5.75 Å². The van der Waals surface area contributed by atoms with Crippen LogP contribution in [0.4, 0.5) is 5.00 Å². The first-order chi connectivity index (χ1) is 11.1. The van der Waals surface area contributed by atoms with Gasteiger partial charge >= 0.3 is 5.97 Å². The van der Waals surface area contributed by atoms with Crippen LogP contribution in [0, 0.1) is 11.3 Å². The highest BCUT2D eigenvalue weighted by molar-refractivity contribution is 7.99. The van der Waals surface area contributed by atoms with Crippen LogP contribution in [0.2, 0.25) is 0 Å². The molecule has 8 heteroatoms. The molecule has 0 aromatic carbocycles. The molecule has 2 aromatic rings. The number of carbonyl (C=O) groups excluding carboxylic acids is 2. The third kappa shape index (κ3) is 5.39. The molecule has 1 amide bonds. The molecule has 0 bridgehead atoms. The van der Waals surface area contributed by atoms with Gasteiger partial charge in [0.25, 0.3) is 5.91 Å². The summed E-state index contributed by atoms with van der Waals surface area (Å²) in [6.45, 7) is 1.51. The van der Waals surface area contributed by atoms with Crippen molar-refractivity contribution >= 4 is 51.3 Å². The molecule has 2 rings (SSSR count). The van der Waals surface area contributed by atoms with Crippen LogP contribution in [-0.4, -0.2) is 23.7 Å². The number of carbonyl (C=O) groups is 2. The summed E-state index contributed by atoms with van der Waals surface area (Å²) in [5.74, 6) is 0.0629.